The molecule has 2 heterocycles. The van der Waals surface area contributed by atoms with Crippen molar-refractivity contribution in [2.24, 2.45) is 0 Å². The Kier molecular flexibility index (Phi) is 3.26. The first-order chi connectivity index (χ1) is 7.27. The predicted octanol–water partition coefficient (Wildman–Crippen LogP) is 1.39. The van der Waals surface area contributed by atoms with Gasteiger partial charge in [-0.2, -0.15) is 0 Å². The summed E-state index contributed by atoms with van der Waals surface area (Å²) < 4.78 is 0. The summed E-state index contributed by atoms with van der Waals surface area (Å²) in [5, 5.41) is 8.84. The van der Waals surface area contributed by atoms with Crippen LogP contribution in [0.25, 0.3) is 0 Å². The van der Waals surface area contributed by atoms with E-state index in [1.807, 2.05) is 0 Å². The van der Waals surface area contributed by atoms with Crippen molar-refractivity contribution in [1.29, 1.82) is 0 Å². The molecule has 0 aromatic carbocycles. The van der Waals surface area contributed by atoms with Crippen molar-refractivity contribution in [1.82, 2.24) is 9.80 Å². The van der Waals surface area contributed by atoms with Gasteiger partial charge in [0.15, 0.2) is 0 Å². The largest absolute Gasteiger partial charge is 0.465 e. The lowest BCUT2D eigenvalue weighted by Gasteiger charge is -2.38. The van der Waals surface area contributed by atoms with Gasteiger partial charge in [0.1, 0.15) is 0 Å². The molecule has 0 aromatic heterocycles. The molecule has 0 unspecified atom stereocenters. The van der Waals surface area contributed by atoms with Gasteiger partial charge in [-0.3, -0.25) is 4.90 Å². The third-order valence-electron chi connectivity index (χ3n) is 3.34. The predicted molar refractivity (Wildman–Crippen MR) is 57.9 cm³/mol. The van der Waals surface area contributed by atoms with Gasteiger partial charge in [0, 0.05) is 32.2 Å². The normalized spacial score (nSPS) is 24.4. The van der Waals surface area contributed by atoms with Crippen LogP contribution < -0.4 is 0 Å². The fraction of sp³-hybridized carbons (Fsp3) is 0.727. The summed E-state index contributed by atoms with van der Waals surface area (Å²) >= 11 is 0. The van der Waals surface area contributed by atoms with Crippen molar-refractivity contribution in [2.45, 2.75) is 25.3 Å². The molecule has 0 spiro atoms. The minimum absolute atomic E-state index is 0.588. The Labute approximate surface area is 90.2 Å². The first-order valence-corrected chi connectivity index (χ1v) is 5.64. The van der Waals surface area contributed by atoms with E-state index in [9.17, 15) is 4.79 Å². The summed E-state index contributed by atoms with van der Waals surface area (Å²) in [6, 6.07) is 0.588. The minimum Gasteiger partial charge on any atom is -0.465 e. The van der Waals surface area contributed by atoms with Crippen LogP contribution in [0.4, 0.5) is 4.79 Å². The highest BCUT2D eigenvalue weighted by Gasteiger charge is 2.26. The maximum Gasteiger partial charge on any atom is 0.407 e. The first kappa shape index (κ1) is 10.5. The van der Waals surface area contributed by atoms with E-state index in [1.165, 1.54) is 4.90 Å². The van der Waals surface area contributed by atoms with E-state index in [0.717, 1.165) is 32.4 Å². The Hall–Kier alpha value is -1.03. The fourth-order valence-corrected chi connectivity index (χ4v) is 2.41. The quantitative estimate of drug-likeness (QED) is 0.665. The molecule has 0 bridgehead atoms. The van der Waals surface area contributed by atoms with Crippen LogP contribution in [0.2, 0.25) is 0 Å². The monoisotopic (exact) mass is 210 g/mol. The van der Waals surface area contributed by atoms with E-state index < -0.39 is 6.09 Å². The number of hydrogen-bond donors (Lipinski definition) is 1. The zero-order valence-electron chi connectivity index (χ0n) is 8.93. The number of nitrogens with zero attached hydrogens (tertiary/aromatic N) is 2. The van der Waals surface area contributed by atoms with Crippen LogP contribution in [0.1, 0.15) is 19.3 Å². The van der Waals surface area contributed by atoms with Gasteiger partial charge in [-0.25, -0.2) is 4.79 Å². The Morgan fingerprint density at radius 1 is 1.20 bits per heavy atom. The molecular formula is C11H18N2O2. The number of amides is 1. The summed E-state index contributed by atoms with van der Waals surface area (Å²) in [6.45, 7) is 3.56. The van der Waals surface area contributed by atoms with E-state index >= 15 is 0 Å². The van der Waals surface area contributed by atoms with Gasteiger partial charge in [0.25, 0.3) is 0 Å². The zero-order valence-corrected chi connectivity index (χ0v) is 8.93. The maximum atomic E-state index is 10.7. The standard InChI is InChI=1S/C11H18N2O2/c14-11(15)13-8-4-10(5-9-13)12-6-2-1-3-7-12/h1-2,10H,3-9H2,(H,14,15). The number of hydrogen-bond acceptors (Lipinski definition) is 2. The molecule has 0 aliphatic carbocycles. The van der Waals surface area contributed by atoms with Gasteiger partial charge in [0.2, 0.25) is 0 Å². The fourth-order valence-electron chi connectivity index (χ4n) is 2.41. The van der Waals surface area contributed by atoms with Gasteiger partial charge in [-0.05, 0) is 19.3 Å². The number of piperidine rings is 1. The SMILES string of the molecule is O=C(O)N1CCC(N2CC=CCC2)CC1. The van der Waals surface area contributed by atoms with Crippen molar-refractivity contribution in [3.8, 4) is 0 Å². The lowest BCUT2D eigenvalue weighted by Crippen LogP contribution is -2.47. The molecule has 2 aliphatic heterocycles. The molecule has 2 rings (SSSR count). The van der Waals surface area contributed by atoms with Crippen molar-refractivity contribution in [2.75, 3.05) is 26.2 Å². The number of rotatable bonds is 1. The smallest absolute Gasteiger partial charge is 0.407 e. The van der Waals surface area contributed by atoms with Crippen LogP contribution in [0.15, 0.2) is 12.2 Å². The molecule has 0 aromatic rings. The van der Waals surface area contributed by atoms with Crippen LogP contribution in [0, 0.1) is 0 Å². The van der Waals surface area contributed by atoms with Gasteiger partial charge in [0.05, 0.1) is 0 Å². The maximum absolute atomic E-state index is 10.7. The van der Waals surface area contributed by atoms with Gasteiger partial charge < -0.3 is 10.0 Å². The second-order valence-electron chi connectivity index (χ2n) is 4.26. The average Bonchev–Trinajstić information content (AvgIpc) is 2.30. The van der Waals surface area contributed by atoms with E-state index in [4.69, 9.17) is 5.11 Å². The Bertz CT molecular complexity index is 257. The second-order valence-corrected chi connectivity index (χ2v) is 4.26. The summed E-state index contributed by atoms with van der Waals surface area (Å²) in [4.78, 5) is 14.7. The number of likely N-dealkylation sites (tertiary alicyclic amines) is 1. The van der Waals surface area contributed by atoms with Crippen LogP contribution in [-0.2, 0) is 0 Å². The molecule has 1 N–H and O–H groups in total. The van der Waals surface area contributed by atoms with Gasteiger partial charge >= 0.3 is 6.09 Å². The van der Waals surface area contributed by atoms with Crippen LogP contribution in [0.3, 0.4) is 0 Å². The number of carbonyl (C=O) groups is 1. The van der Waals surface area contributed by atoms with Crippen molar-refractivity contribution >= 4 is 6.09 Å². The molecule has 1 amide bonds. The third-order valence-corrected chi connectivity index (χ3v) is 3.34. The third kappa shape index (κ3) is 2.50. The van der Waals surface area contributed by atoms with Crippen LogP contribution in [0.5, 0.6) is 0 Å². The molecular weight excluding hydrogens is 192 g/mol. The van der Waals surface area contributed by atoms with Crippen molar-refractivity contribution in [3.63, 3.8) is 0 Å². The highest BCUT2D eigenvalue weighted by molar-refractivity contribution is 5.65. The van der Waals surface area contributed by atoms with E-state index in [0.29, 0.717) is 19.1 Å². The second kappa shape index (κ2) is 4.66. The molecule has 1 saturated heterocycles. The van der Waals surface area contributed by atoms with Crippen LogP contribution >= 0.6 is 0 Å². The zero-order chi connectivity index (χ0) is 10.7. The molecule has 0 saturated carbocycles. The lowest BCUT2D eigenvalue weighted by atomic mass is 10.0. The number of carboxylic acid groups (broad SMARTS) is 1. The molecule has 84 valence electrons. The Balaban J connectivity index is 1.82. The average molecular weight is 210 g/mol. The summed E-state index contributed by atoms with van der Waals surface area (Å²) in [7, 11) is 0. The molecule has 4 nitrogen and oxygen atoms in total. The summed E-state index contributed by atoms with van der Waals surface area (Å²) in [6.07, 6.45) is 6.78. The first-order valence-electron chi connectivity index (χ1n) is 5.64. The topological polar surface area (TPSA) is 43.8 Å². The summed E-state index contributed by atoms with van der Waals surface area (Å²) in [5.41, 5.74) is 0. The molecule has 0 radical (unpaired) electrons. The highest BCUT2D eigenvalue weighted by atomic mass is 16.4. The lowest BCUT2D eigenvalue weighted by molar-refractivity contribution is 0.0991. The molecule has 4 heteroatoms. The van der Waals surface area contributed by atoms with Gasteiger partial charge in [-0.1, -0.05) is 12.2 Å². The molecule has 0 atom stereocenters. The molecule has 15 heavy (non-hydrogen) atoms. The van der Waals surface area contributed by atoms with E-state index in [1.54, 1.807) is 0 Å². The van der Waals surface area contributed by atoms with E-state index in [-0.39, 0.29) is 0 Å². The Morgan fingerprint density at radius 2 is 1.93 bits per heavy atom. The van der Waals surface area contributed by atoms with E-state index in [2.05, 4.69) is 17.1 Å². The van der Waals surface area contributed by atoms with Crippen molar-refractivity contribution in [3.05, 3.63) is 12.2 Å². The highest BCUT2D eigenvalue weighted by Crippen LogP contribution is 2.18. The molecule has 1 fully saturated rings. The van der Waals surface area contributed by atoms with Crippen molar-refractivity contribution < 1.29 is 9.90 Å². The van der Waals surface area contributed by atoms with Crippen LogP contribution in [-0.4, -0.2) is 53.2 Å². The van der Waals surface area contributed by atoms with Gasteiger partial charge in [-0.15, -0.1) is 0 Å². The minimum atomic E-state index is -0.771. The summed E-state index contributed by atoms with van der Waals surface area (Å²) in [5.74, 6) is 0. The Morgan fingerprint density at radius 3 is 2.47 bits per heavy atom. The molecule has 2 aliphatic rings.